The van der Waals surface area contributed by atoms with Gasteiger partial charge in [-0.25, -0.2) is 12.8 Å². The smallest absolute Gasteiger partial charge is 0.261 e. The van der Waals surface area contributed by atoms with Gasteiger partial charge in [-0.1, -0.05) is 22.0 Å². The molecule has 0 aliphatic rings. The molecule has 0 aromatic heterocycles. The number of hydrogen-bond acceptors (Lipinski definition) is 2. The van der Waals surface area contributed by atoms with Gasteiger partial charge in [0.2, 0.25) is 0 Å². The van der Waals surface area contributed by atoms with E-state index in [-0.39, 0.29) is 10.6 Å². The number of hydrogen-bond donors (Lipinski definition) is 1. The molecule has 0 spiro atoms. The minimum absolute atomic E-state index is 0.0529. The zero-order valence-corrected chi connectivity index (χ0v) is 12.4. The molecule has 19 heavy (non-hydrogen) atoms. The van der Waals surface area contributed by atoms with Crippen LogP contribution in [0.5, 0.6) is 0 Å². The molecule has 0 saturated heterocycles. The van der Waals surface area contributed by atoms with Gasteiger partial charge in [-0.15, -0.1) is 0 Å². The summed E-state index contributed by atoms with van der Waals surface area (Å²) < 4.78 is 40.7. The summed E-state index contributed by atoms with van der Waals surface area (Å²) >= 11 is 3.22. The molecule has 0 aliphatic carbocycles. The molecule has 6 heteroatoms. The highest BCUT2D eigenvalue weighted by Crippen LogP contribution is 2.21. The second kappa shape index (κ2) is 5.30. The fraction of sp³-hybridized carbons (Fsp3) is 0.0769. The van der Waals surface area contributed by atoms with E-state index < -0.39 is 15.8 Å². The SMILES string of the molecule is Cc1ccc(F)c(NS(=O)(=O)c2ccc(Br)cc2)c1. The number of halogens is 2. The molecular formula is C13H11BrFNO2S. The number of nitrogens with one attached hydrogen (secondary N) is 1. The zero-order chi connectivity index (χ0) is 14.0. The number of anilines is 1. The first kappa shape index (κ1) is 14.0. The van der Waals surface area contributed by atoms with Crippen LogP contribution in [0.1, 0.15) is 5.56 Å². The van der Waals surface area contributed by atoms with Crippen molar-refractivity contribution in [1.82, 2.24) is 0 Å². The molecule has 3 nitrogen and oxygen atoms in total. The highest BCUT2D eigenvalue weighted by atomic mass is 79.9. The zero-order valence-electron chi connectivity index (χ0n) is 10.0. The summed E-state index contributed by atoms with van der Waals surface area (Å²) in [6.45, 7) is 1.76. The third kappa shape index (κ3) is 3.33. The van der Waals surface area contributed by atoms with E-state index in [2.05, 4.69) is 20.7 Å². The van der Waals surface area contributed by atoms with Crippen LogP contribution in [0.2, 0.25) is 0 Å². The van der Waals surface area contributed by atoms with Gasteiger partial charge in [0.1, 0.15) is 5.82 Å². The Hall–Kier alpha value is -1.40. The van der Waals surface area contributed by atoms with Crippen LogP contribution in [0.3, 0.4) is 0 Å². The van der Waals surface area contributed by atoms with Gasteiger partial charge in [-0.05, 0) is 48.9 Å². The van der Waals surface area contributed by atoms with Crippen molar-refractivity contribution >= 4 is 31.6 Å². The summed E-state index contributed by atoms with van der Waals surface area (Å²) in [7, 11) is -3.78. The van der Waals surface area contributed by atoms with E-state index in [1.807, 2.05) is 0 Å². The van der Waals surface area contributed by atoms with E-state index in [0.717, 1.165) is 10.0 Å². The Balaban J connectivity index is 2.36. The Bertz CT molecular complexity index is 699. The van der Waals surface area contributed by atoms with E-state index in [4.69, 9.17) is 0 Å². The number of aryl methyl sites for hydroxylation is 1. The van der Waals surface area contributed by atoms with Gasteiger partial charge in [0.15, 0.2) is 0 Å². The van der Waals surface area contributed by atoms with Crippen molar-refractivity contribution in [2.24, 2.45) is 0 Å². The summed E-state index contributed by atoms with van der Waals surface area (Å²) in [4.78, 5) is 0.0802. The maximum absolute atomic E-state index is 13.5. The lowest BCUT2D eigenvalue weighted by Gasteiger charge is -2.09. The highest BCUT2D eigenvalue weighted by Gasteiger charge is 2.16. The second-order valence-corrected chi connectivity index (χ2v) is 6.64. The maximum atomic E-state index is 13.5. The van der Waals surface area contributed by atoms with Gasteiger partial charge in [0.25, 0.3) is 10.0 Å². The number of benzene rings is 2. The van der Waals surface area contributed by atoms with Crippen molar-refractivity contribution in [2.75, 3.05) is 4.72 Å². The molecule has 2 aromatic carbocycles. The Morgan fingerprint density at radius 2 is 1.74 bits per heavy atom. The van der Waals surface area contributed by atoms with Crippen LogP contribution in [-0.4, -0.2) is 8.42 Å². The van der Waals surface area contributed by atoms with Gasteiger partial charge in [0.05, 0.1) is 10.6 Å². The second-order valence-electron chi connectivity index (χ2n) is 4.04. The number of rotatable bonds is 3. The first-order chi connectivity index (χ1) is 8.88. The molecule has 0 atom stereocenters. The van der Waals surface area contributed by atoms with Crippen molar-refractivity contribution in [2.45, 2.75) is 11.8 Å². The Labute approximate surface area is 119 Å². The van der Waals surface area contributed by atoms with Crippen LogP contribution in [-0.2, 0) is 10.0 Å². The van der Waals surface area contributed by atoms with E-state index in [1.54, 1.807) is 25.1 Å². The van der Waals surface area contributed by atoms with Crippen LogP contribution < -0.4 is 4.72 Å². The monoisotopic (exact) mass is 343 g/mol. The van der Waals surface area contributed by atoms with Crippen LogP contribution in [0, 0.1) is 12.7 Å². The highest BCUT2D eigenvalue weighted by molar-refractivity contribution is 9.10. The first-order valence-corrected chi connectivity index (χ1v) is 7.71. The molecule has 2 rings (SSSR count). The van der Waals surface area contributed by atoms with Crippen LogP contribution in [0.4, 0.5) is 10.1 Å². The van der Waals surface area contributed by atoms with E-state index in [1.165, 1.54) is 24.3 Å². The molecule has 0 heterocycles. The molecule has 0 bridgehead atoms. The van der Waals surface area contributed by atoms with E-state index >= 15 is 0 Å². The van der Waals surface area contributed by atoms with Crippen molar-refractivity contribution in [3.63, 3.8) is 0 Å². The lowest BCUT2D eigenvalue weighted by Crippen LogP contribution is -2.14. The maximum Gasteiger partial charge on any atom is 0.261 e. The summed E-state index contributed by atoms with van der Waals surface area (Å²) in [5, 5.41) is 0. The minimum atomic E-state index is -3.78. The third-order valence-electron chi connectivity index (χ3n) is 2.49. The molecule has 0 aliphatic heterocycles. The summed E-state index contributed by atoms with van der Waals surface area (Å²) in [5.74, 6) is -0.605. The van der Waals surface area contributed by atoms with E-state index in [0.29, 0.717) is 0 Å². The topological polar surface area (TPSA) is 46.2 Å². The average molecular weight is 344 g/mol. The average Bonchev–Trinajstić information content (AvgIpc) is 2.34. The van der Waals surface area contributed by atoms with Gasteiger partial charge >= 0.3 is 0 Å². The Morgan fingerprint density at radius 1 is 1.11 bits per heavy atom. The van der Waals surface area contributed by atoms with Crippen molar-refractivity contribution in [3.8, 4) is 0 Å². The van der Waals surface area contributed by atoms with Gasteiger partial charge in [-0.2, -0.15) is 0 Å². The molecule has 0 fully saturated rings. The van der Waals surface area contributed by atoms with Gasteiger partial charge < -0.3 is 0 Å². The summed E-state index contributed by atoms with van der Waals surface area (Å²) in [6, 6.07) is 10.4. The Kier molecular flexibility index (Phi) is 3.91. The molecule has 0 radical (unpaired) electrons. The van der Waals surface area contributed by atoms with Gasteiger partial charge in [-0.3, -0.25) is 4.72 Å². The predicted octanol–water partition coefficient (Wildman–Crippen LogP) is 3.70. The molecule has 0 amide bonds. The quantitative estimate of drug-likeness (QED) is 0.923. The van der Waals surface area contributed by atoms with Crippen LogP contribution >= 0.6 is 15.9 Å². The minimum Gasteiger partial charge on any atom is -0.277 e. The largest absolute Gasteiger partial charge is 0.277 e. The third-order valence-corrected chi connectivity index (χ3v) is 4.40. The molecule has 0 saturated carbocycles. The van der Waals surface area contributed by atoms with Crippen molar-refractivity contribution in [1.29, 1.82) is 0 Å². The predicted molar refractivity (Wildman–Crippen MR) is 76.1 cm³/mol. The first-order valence-electron chi connectivity index (χ1n) is 5.43. The molecule has 1 N–H and O–H groups in total. The summed E-state index contributed by atoms with van der Waals surface area (Å²) in [6.07, 6.45) is 0. The molecular weight excluding hydrogens is 333 g/mol. The number of sulfonamides is 1. The molecule has 100 valence electrons. The Morgan fingerprint density at radius 3 is 2.37 bits per heavy atom. The fourth-order valence-corrected chi connectivity index (χ4v) is 2.86. The lowest BCUT2D eigenvalue weighted by atomic mass is 10.2. The molecule has 2 aromatic rings. The fourth-order valence-electron chi connectivity index (χ4n) is 1.53. The lowest BCUT2D eigenvalue weighted by molar-refractivity contribution is 0.598. The van der Waals surface area contributed by atoms with Crippen LogP contribution in [0.15, 0.2) is 51.8 Å². The standard InChI is InChI=1S/C13H11BrFNO2S/c1-9-2-7-12(15)13(8-9)16-19(17,18)11-5-3-10(14)4-6-11/h2-8,16H,1H3. The van der Waals surface area contributed by atoms with Gasteiger partial charge in [0, 0.05) is 4.47 Å². The molecule has 0 unspecified atom stereocenters. The summed E-state index contributed by atoms with van der Waals surface area (Å²) in [5.41, 5.74) is 0.720. The normalized spacial score (nSPS) is 11.3. The van der Waals surface area contributed by atoms with Crippen molar-refractivity contribution < 1.29 is 12.8 Å². The van der Waals surface area contributed by atoms with E-state index in [9.17, 15) is 12.8 Å². The van der Waals surface area contributed by atoms with Crippen molar-refractivity contribution in [3.05, 3.63) is 58.3 Å². The van der Waals surface area contributed by atoms with Crippen LogP contribution in [0.25, 0.3) is 0 Å².